The molecule has 0 radical (unpaired) electrons. The zero-order chi connectivity index (χ0) is 23.4. The van der Waals surface area contributed by atoms with Crippen molar-refractivity contribution < 1.29 is 22.3 Å². The van der Waals surface area contributed by atoms with Gasteiger partial charge in [-0.2, -0.15) is 0 Å². The van der Waals surface area contributed by atoms with Gasteiger partial charge in [-0.15, -0.1) is 0 Å². The third-order valence-corrected chi connectivity index (χ3v) is 7.95. The number of sulfonamides is 1. The summed E-state index contributed by atoms with van der Waals surface area (Å²) in [5, 5.41) is 0. The molecule has 178 valence electrons. The maximum Gasteiger partial charge on any atom is 0.261 e. The molecular formula is C24H30FN3O4S. The Morgan fingerprint density at radius 2 is 1.67 bits per heavy atom. The van der Waals surface area contributed by atoms with E-state index in [0.717, 1.165) is 44.8 Å². The predicted molar refractivity (Wildman–Crippen MR) is 124 cm³/mol. The van der Waals surface area contributed by atoms with Gasteiger partial charge in [0, 0.05) is 50.6 Å². The number of carbonyl (C=O) groups excluding carboxylic acids is 1. The summed E-state index contributed by atoms with van der Waals surface area (Å²) in [4.78, 5) is 17.2. The molecule has 9 heteroatoms. The summed E-state index contributed by atoms with van der Waals surface area (Å²) in [5.74, 6) is -0.673. The van der Waals surface area contributed by atoms with Crippen LogP contribution in [0.1, 0.15) is 36.0 Å². The average molecular weight is 476 g/mol. The minimum Gasteiger partial charge on any atom is -0.381 e. The Morgan fingerprint density at radius 1 is 1.00 bits per heavy atom. The highest BCUT2D eigenvalue weighted by Gasteiger charge is 2.30. The van der Waals surface area contributed by atoms with E-state index in [0.29, 0.717) is 36.5 Å². The third-order valence-electron chi connectivity index (χ3n) is 6.57. The van der Waals surface area contributed by atoms with Gasteiger partial charge in [0.15, 0.2) is 0 Å². The summed E-state index contributed by atoms with van der Waals surface area (Å²) in [6.07, 6.45) is 4.39. The van der Waals surface area contributed by atoms with Gasteiger partial charge < -0.3 is 14.5 Å². The zero-order valence-electron chi connectivity index (χ0n) is 18.7. The van der Waals surface area contributed by atoms with Crippen molar-refractivity contribution >= 4 is 21.6 Å². The first-order chi connectivity index (χ1) is 15.9. The Morgan fingerprint density at radius 3 is 2.27 bits per heavy atom. The van der Waals surface area contributed by atoms with Crippen LogP contribution in [0.3, 0.4) is 0 Å². The van der Waals surface area contributed by atoms with Crippen LogP contribution < -0.4 is 4.72 Å². The average Bonchev–Trinajstić information content (AvgIpc) is 2.84. The number of carbonyl (C=O) groups is 1. The summed E-state index contributed by atoms with van der Waals surface area (Å²) in [7, 11) is -2.14. The summed E-state index contributed by atoms with van der Waals surface area (Å²) >= 11 is 0. The molecule has 0 unspecified atom stereocenters. The van der Waals surface area contributed by atoms with Gasteiger partial charge in [-0.05, 0) is 68.1 Å². The first-order valence-electron chi connectivity index (χ1n) is 11.3. The second-order valence-electron chi connectivity index (χ2n) is 8.63. The fraction of sp³-hybridized carbons (Fsp3) is 0.458. The van der Waals surface area contributed by atoms with Gasteiger partial charge in [-0.3, -0.25) is 9.52 Å². The molecule has 0 aliphatic carbocycles. The largest absolute Gasteiger partial charge is 0.381 e. The molecule has 2 heterocycles. The number of hydrogen-bond acceptors (Lipinski definition) is 5. The van der Waals surface area contributed by atoms with Crippen molar-refractivity contribution in [2.75, 3.05) is 38.0 Å². The number of anilines is 1. The fourth-order valence-electron chi connectivity index (χ4n) is 4.62. The third kappa shape index (κ3) is 5.72. The summed E-state index contributed by atoms with van der Waals surface area (Å²) in [6, 6.07) is 11.7. The molecule has 33 heavy (non-hydrogen) atoms. The Labute approximate surface area is 194 Å². The molecule has 0 atom stereocenters. The van der Waals surface area contributed by atoms with Crippen LogP contribution in [-0.4, -0.2) is 69.6 Å². The lowest BCUT2D eigenvalue weighted by atomic mass is 9.98. The number of nitrogens with one attached hydrogen (secondary N) is 1. The number of rotatable bonds is 6. The molecule has 2 aliphatic rings. The molecule has 2 fully saturated rings. The molecule has 1 N–H and O–H groups in total. The Balaban J connectivity index is 1.32. The number of piperidine rings is 2. The zero-order valence-corrected chi connectivity index (χ0v) is 19.6. The maximum absolute atomic E-state index is 13.4. The van der Waals surface area contributed by atoms with Crippen molar-refractivity contribution in [3.05, 3.63) is 59.9 Å². The van der Waals surface area contributed by atoms with Crippen LogP contribution in [0.25, 0.3) is 0 Å². The highest BCUT2D eigenvalue weighted by Crippen LogP contribution is 2.24. The molecule has 2 aliphatic heterocycles. The number of ether oxygens (including phenoxy) is 1. The van der Waals surface area contributed by atoms with Crippen LogP contribution in [0.2, 0.25) is 0 Å². The van der Waals surface area contributed by atoms with E-state index in [1.807, 2.05) is 4.90 Å². The number of amides is 1. The molecule has 2 aromatic rings. The number of halogens is 1. The van der Waals surface area contributed by atoms with E-state index in [2.05, 4.69) is 9.62 Å². The number of likely N-dealkylation sites (tertiary alicyclic amines) is 2. The summed E-state index contributed by atoms with van der Waals surface area (Å²) in [6.45, 7) is 3.51. The van der Waals surface area contributed by atoms with Crippen molar-refractivity contribution in [3.8, 4) is 0 Å². The van der Waals surface area contributed by atoms with Crippen molar-refractivity contribution in [1.82, 2.24) is 9.80 Å². The molecule has 4 rings (SSSR count). The van der Waals surface area contributed by atoms with E-state index in [1.54, 1.807) is 31.4 Å². The molecule has 1 amide bonds. The van der Waals surface area contributed by atoms with Crippen molar-refractivity contribution in [1.29, 1.82) is 0 Å². The first kappa shape index (κ1) is 23.7. The van der Waals surface area contributed by atoms with Gasteiger partial charge >= 0.3 is 0 Å². The van der Waals surface area contributed by atoms with Crippen LogP contribution >= 0.6 is 0 Å². The maximum atomic E-state index is 13.4. The molecule has 2 saturated heterocycles. The van der Waals surface area contributed by atoms with E-state index >= 15 is 0 Å². The van der Waals surface area contributed by atoms with Gasteiger partial charge in [-0.25, -0.2) is 12.8 Å². The molecule has 7 nitrogen and oxygen atoms in total. The van der Waals surface area contributed by atoms with Crippen LogP contribution in [0.15, 0.2) is 53.4 Å². The standard InChI is InChI=1S/C24H30FN3O4S/c1-32-22-11-15-27(16-12-22)21-9-13-28(14-10-21)24(29)18-5-7-20(8-6-18)26-33(30,31)23-4-2-3-19(25)17-23/h2-8,17,21-22,26H,9-16H2,1H3. The van der Waals surface area contributed by atoms with Gasteiger partial charge in [-0.1, -0.05) is 6.07 Å². The Bertz CT molecular complexity index is 1060. The monoisotopic (exact) mass is 475 g/mol. The van der Waals surface area contributed by atoms with Crippen molar-refractivity contribution in [2.24, 2.45) is 0 Å². The lowest BCUT2D eigenvalue weighted by Gasteiger charge is -2.41. The molecule has 2 aromatic carbocycles. The second-order valence-corrected chi connectivity index (χ2v) is 10.3. The topological polar surface area (TPSA) is 79.0 Å². The Hall–Kier alpha value is -2.49. The van der Waals surface area contributed by atoms with Crippen LogP contribution in [0.5, 0.6) is 0 Å². The van der Waals surface area contributed by atoms with Crippen LogP contribution in [-0.2, 0) is 14.8 Å². The number of methoxy groups -OCH3 is 1. The molecule has 0 spiro atoms. The highest BCUT2D eigenvalue weighted by atomic mass is 32.2. The molecular weight excluding hydrogens is 445 g/mol. The predicted octanol–water partition coefficient (Wildman–Crippen LogP) is 3.34. The first-order valence-corrected chi connectivity index (χ1v) is 12.8. The van der Waals surface area contributed by atoms with E-state index in [4.69, 9.17) is 4.74 Å². The van der Waals surface area contributed by atoms with E-state index in [9.17, 15) is 17.6 Å². The summed E-state index contributed by atoms with van der Waals surface area (Å²) < 4.78 is 46.2. The second kappa shape index (κ2) is 10.2. The van der Waals surface area contributed by atoms with Crippen LogP contribution in [0, 0.1) is 5.82 Å². The number of nitrogens with zero attached hydrogens (tertiary/aromatic N) is 2. The van der Waals surface area contributed by atoms with E-state index in [-0.39, 0.29) is 10.8 Å². The molecule has 0 bridgehead atoms. The van der Waals surface area contributed by atoms with Gasteiger partial charge in [0.05, 0.1) is 11.0 Å². The molecule has 0 aromatic heterocycles. The Kier molecular flexibility index (Phi) is 7.31. The minimum absolute atomic E-state index is 0.0499. The van der Waals surface area contributed by atoms with Gasteiger partial charge in [0.25, 0.3) is 15.9 Å². The highest BCUT2D eigenvalue weighted by molar-refractivity contribution is 7.92. The normalized spacial score (nSPS) is 18.9. The number of benzene rings is 2. The van der Waals surface area contributed by atoms with Crippen molar-refractivity contribution in [3.63, 3.8) is 0 Å². The lowest BCUT2D eigenvalue weighted by Crippen LogP contribution is -2.49. The SMILES string of the molecule is COC1CCN(C2CCN(C(=O)c3ccc(NS(=O)(=O)c4cccc(F)c4)cc3)CC2)CC1. The fourth-order valence-corrected chi connectivity index (χ4v) is 5.71. The van der Waals surface area contributed by atoms with E-state index < -0.39 is 15.8 Å². The van der Waals surface area contributed by atoms with Gasteiger partial charge in [0.2, 0.25) is 0 Å². The summed E-state index contributed by atoms with van der Waals surface area (Å²) in [5.41, 5.74) is 0.831. The smallest absolute Gasteiger partial charge is 0.261 e. The quantitative estimate of drug-likeness (QED) is 0.693. The molecule has 0 saturated carbocycles. The van der Waals surface area contributed by atoms with Gasteiger partial charge in [0.1, 0.15) is 5.82 Å². The minimum atomic E-state index is -3.91. The van der Waals surface area contributed by atoms with Crippen molar-refractivity contribution in [2.45, 2.75) is 42.7 Å². The van der Waals surface area contributed by atoms with E-state index in [1.165, 1.54) is 18.2 Å². The van der Waals surface area contributed by atoms with Crippen LogP contribution in [0.4, 0.5) is 10.1 Å². The number of hydrogen-bond donors (Lipinski definition) is 1. The lowest BCUT2D eigenvalue weighted by molar-refractivity contribution is 0.0145.